The Morgan fingerprint density at radius 3 is 2.65 bits per heavy atom. The van der Waals surface area contributed by atoms with Gasteiger partial charge in [0.2, 0.25) is 0 Å². The van der Waals surface area contributed by atoms with Crippen molar-refractivity contribution >= 4 is 37.4 Å². The first-order valence-electron chi connectivity index (χ1n) is 4.89. The first kappa shape index (κ1) is 14.9. The maximum absolute atomic E-state index is 11.2. The van der Waals surface area contributed by atoms with Gasteiger partial charge in [-0.25, -0.2) is 8.42 Å². The molecule has 0 saturated carbocycles. The number of sulfone groups is 1. The highest BCUT2D eigenvalue weighted by molar-refractivity contribution is 9.10. The quantitative estimate of drug-likeness (QED) is 0.629. The van der Waals surface area contributed by atoms with E-state index in [1.165, 1.54) is 6.26 Å². The summed E-state index contributed by atoms with van der Waals surface area (Å²) >= 11 is 9.36. The minimum absolute atomic E-state index is 0.0180. The van der Waals surface area contributed by atoms with Gasteiger partial charge in [0.1, 0.15) is 9.84 Å². The number of halogens is 2. The smallest absolute Gasteiger partial charge is 0.149 e. The summed E-state index contributed by atoms with van der Waals surface area (Å²) in [6.07, 6.45) is 1.65. The number of nitrogens with one attached hydrogen (secondary N) is 1. The molecular weight excluding hydrogens is 328 g/mol. The lowest BCUT2D eigenvalue weighted by Crippen LogP contribution is -2.41. The Balaban J connectivity index is 2.81. The van der Waals surface area contributed by atoms with Gasteiger partial charge in [-0.1, -0.05) is 33.6 Å². The lowest BCUT2D eigenvalue weighted by Gasteiger charge is -2.15. The van der Waals surface area contributed by atoms with Crippen molar-refractivity contribution in [3.05, 3.63) is 33.3 Å². The van der Waals surface area contributed by atoms with Crippen molar-refractivity contribution in [3.63, 3.8) is 0 Å². The van der Waals surface area contributed by atoms with Gasteiger partial charge in [-0.05, 0) is 24.1 Å². The first-order valence-corrected chi connectivity index (χ1v) is 8.13. The number of hydrogen-bond donors (Lipinski definition) is 2. The molecule has 0 spiro atoms. The van der Waals surface area contributed by atoms with Crippen LogP contribution in [0.4, 0.5) is 0 Å². The van der Waals surface area contributed by atoms with Crippen LogP contribution in [-0.2, 0) is 16.3 Å². The predicted molar refractivity (Wildman–Crippen MR) is 73.7 cm³/mol. The van der Waals surface area contributed by atoms with Gasteiger partial charge in [0.25, 0.3) is 0 Å². The van der Waals surface area contributed by atoms with Crippen LogP contribution in [0.5, 0.6) is 0 Å². The SMILES string of the molecule is CS(=O)(=O)CC(Cc1ccc(Br)cc1Cl)NN. The molecule has 1 atom stereocenters. The van der Waals surface area contributed by atoms with Crippen LogP contribution >= 0.6 is 27.5 Å². The maximum atomic E-state index is 11.2. The summed E-state index contributed by atoms with van der Waals surface area (Å²) in [6, 6.07) is 5.13. The molecule has 0 aliphatic rings. The zero-order valence-electron chi connectivity index (χ0n) is 9.28. The number of nitrogens with two attached hydrogens (primary N) is 1. The second kappa shape index (κ2) is 6.15. The molecule has 0 aliphatic heterocycles. The Morgan fingerprint density at radius 1 is 1.53 bits per heavy atom. The van der Waals surface area contributed by atoms with Gasteiger partial charge in [-0.3, -0.25) is 11.3 Å². The molecule has 0 saturated heterocycles. The van der Waals surface area contributed by atoms with E-state index in [1.54, 1.807) is 6.07 Å². The Labute approximate surface area is 115 Å². The second-order valence-corrected chi connectivity index (χ2v) is 7.40. The summed E-state index contributed by atoms with van der Waals surface area (Å²) in [7, 11) is -3.07. The van der Waals surface area contributed by atoms with Crippen LogP contribution in [0.2, 0.25) is 5.02 Å². The molecule has 1 unspecified atom stereocenters. The van der Waals surface area contributed by atoms with Gasteiger partial charge in [0, 0.05) is 21.8 Å². The van der Waals surface area contributed by atoms with Crippen molar-refractivity contribution in [3.8, 4) is 0 Å². The lowest BCUT2D eigenvalue weighted by molar-refractivity contribution is 0.546. The summed E-state index contributed by atoms with van der Waals surface area (Å²) in [4.78, 5) is 0. The molecule has 1 aromatic carbocycles. The average molecular weight is 342 g/mol. The summed E-state index contributed by atoms with van der Waals surface area (Å²) in [5.74, 6) is 5.32. The first-order chi connectivity index (χ1) is 7.81. The van der Waals surface area contributed by atoms with Crippen molar-refractivity contribution in [2.75, 3.05) is 12.0 Å². The van der Waals surface area contributed by atoms with E-state index in [-0.39, 0.29) is 11.8 Å². The highest BCUT2D eigenvalue weighted by atomic mass is 79.9. The summed E-state index contributed by atoms with van der Waals surface area (Å²) in [5, 5.41) is 0.591. The Morgan fingerprint density at radius 2 is 2.18 bits per heavy atom. The molecule has 1 aromatic rings. The van der Waals surface area contributed by atoms with E-state index in [0.717, 1.165) is 10.0 Å². The molecule has 0 aromatic heterocycles. The molecule has 0 amide bonds. The molecule has 7 heteroatoms. The van der Waals surface area contributed by atoms with Crippen molar-refractivity contribution in [2.45, 2.75) is 12.5 Å². The fourth-order valence-electron chi connectivity index (χ4n) is 1.48. The van der Waals surface area contributed by atoms with Gasteiger partial charge in [0.05, 0.1) is 5.75 Å². The topological polar surface area (TPSA) is 72.2 Å². The number of benzene rings is 1. The van der Waals surface area contributed by atoms with E-state index >= 15 is 0 Å². The standard InChI is InChI=1S/C10H14BrClN2O2S/c1-17(15,16)6-9(14-13)4-7-2-3-8(11)5-10(7)12/h2-3,5,9,14H,4,6,13H2,1H3. The zero-order chi connectivity index (χ0) is 13.1. The van der Waals surface area contributed by atoms with Crippen LogP contribution in [0.25, 0.3) is 0 Å². The fraction of sp³-hybridized carbons (Fsp3) is 0.400. The van der Waals surface area contributed by atoms with E-state index in [1.807, 2.05) is 12.1 Å². The van der Waals surface area contributed by atoms with Crippen LogP contribution in [0.15, 0.2) is 22.7 Å². The van der Waals surface area contributed by atoms with Crippen molar-refractivity contribution < 1.29 is 8.42 Å². The largest absolute Gasteiger partial charge is 0.271 e. The van der Waals surface area contributed by atoms with Gasteiger partial charge >= 0.3 is 0 Å². The second-order valence-electron chi connectivity index (χ2n) is 3.90. The van der Waals surface area contributed by atoms with Crippen molar-refractivity contribution in [2.24, 2.45) is 5.84 Å². The molecule has 3 N–H and O–H groups in total. The van der Waals surface area contributed by atoms with Crippen LogP contribution in [0.3, 0.4) is 0 Å². The van der Waals surface area contributed by atoms with Gasteiger partial charge in [-0.2, -0.15) is 0 Å². The molecule has 96 valence electrons. The minimum Gasteiger partial charge on any atom is -0.271 e. The van der Waals surface area contributed by atoms with Crippen LogP contribution in [0.1, 0.15) is 5.56 Å². The summed E-state index contributed by atoms with van der Waals surface area (Å²) in [6.45, 7) is 0. The van der Waals surface area contributed by atoms with E-state index in [2.05, 4.69) is 21.4 Å². The molecule has 0 fully saturated rings. The van der Waals surface area contributed by atoms with Gasteiger partial charge in [-0.15, -0.1) is 0 Å². The molecule has 0 radical (unpaired) electrons. The third kappa shape index (κ3) is 5.35. The van der Waals surface area contributed by atoms with Crippen LogP contribution in [-0.4, -0.2) is 26.5 Å². The van der Waals surface area contributed by atoms with Gasteiger partial charge < -0.3 is 0 Å². The highest BCUT2D eigenvalue weighted by Gasteiger charge is 2.15. The Bertz CT molecular complexity index is 493. The average Bonchev–Trinajstić information content (AvgIpc) is 2.19. The van der Waals surface area contributed by atoms with E-state index in [9.17, 15) is 8.42 Å². The maximum Gasteiger partial charge on any atom is 0.149 e. The van der Waals surface area contributed by atoms with Crippen LogP contribution in [0, 0.1) is 0 Å². The van der Waals surface area contributed by atoms with Crippen molar-refractivity contribution in [1.82, 2.24) is 5.43 Å². The third-order valence-corrected chi connectivity index (χ3v) is 4.07. The van der Waals surface area contributed by atoms with E-state index in [0.29, 0.717) is 11.4 Å². The fourth-order valence-corrected chi connectivity index (χ4v) is 3.18. The Kier molecular flexibility index (Phi) is 5.40. The normalized spacial score (nSPS) is 13.6. The van der Waals surface area contributed by atoms with Crippen LogP contribution < -0.4 is 11.3 Å². The number of hydrazine groups is 1. The number of rotatable bonds is 5. The highest BCUT2D eigenvalue weighted by Crippen LogP contribution is 2.22. The lowest BCUT2D eigenvalue weighted by atomic mass is 10.1. The summed E-state index contributed by atoms with van der Waals surface area (Å²) < 4.78 is 23.3. The van der Waals surface area contributed by atoms with E-state index in [4.69, 9.17) is 17.4 Å². The monoisotopic (exact) mass is 340 g/mol. The molecule has 17 heavy (non-hydrogen) atoms. The third-order valence-electron chi connectivity index (χ3n) is 2.22. The Hall–Kier alpha value is -0.140. The molecule has 0 bridgehead atoms. The summed E-state index contributed by atoms with van der Waals surface area (Å²) in [5.41, 5.74) is 3.36. The molecule has 0 heterocycles. The molecule has 1 rings (SSSR count). The molecular formula is C10H14BrClN2O2S. The molecule has 0 aliphatic carbocycles. The van der Waals surface area contributed by atoms with E-state index < -0.39 is 9.84 Å². The molecule has 4 nitrogen and oxygen atoms in total. The van der Waals surface area contributed by atoms with Crippen molar-refractivity contribution in [1.29, 1.82) is 0 Å². The van der Waals surface area contributed by atoms with Gasteiger partial charge in [0.15, 0.2) is 0 Å². The number of hydrogen-bond acceptors (Lipinski definition) is 4. The zero-order valence-corrected chi connectivity index (χ0v) is 12.4. The predicted octanol–water partition coefficient (Wildman–Crippen LogP) is 1.52. The minimum atomic E-state index is -3.07.